The van der Waals surface area contributed by atoms with Gasteiger partial charge in [-0.25, -0.2) is 0 Å². The first-order valence-electron chi connectivity index (χ1n) is 7.03. The van der Waals surface area contributed by atoms with Crippen LogP contribution in [0.5, 0.6) is 0 Å². The van der Waals surface area contributed by atoms with E-state index in [2.05, 4.69) is 26.0 Å². The summed E-state index contributed by atoms with van der Waals surface area (Å²) in [5.41, 5.74) is 0.490. The third-order valence-electron chi connectivity index (χ3n) is 4.67. The van der Waals surface area contributed by atoms with E-state index in [1.165, 1.54) is 12.8 Å². The molecule has 96 valence electrons. The Bertz CT molecular complexity index is 313. The maximum Gasteiger partial charge on any atom is 0.169 e. The second-order valence-electron chi connectivity index (χ2n) is 6.77. The standard InChI is InChI=1S/C15H24O2/c1-14(2)9-12-5-3-4-6-15(11-13(12)10-14)16-7-8-17-15/h3,5,12-13H,4,6-11H2,1-2H3/b5-3-/t12-,13-/m1/s1. The average molecular weight is 236 g/mol. The van der Waals surface area contributed by atoms with Gasteiger partial charge >= 0.3 is 0 Å². The molecule has 0 amide bonds. The van der Waals surface area contributed by atoms with Gasteiger partial charge in [-0.1, -0.05) is 26.0 Å². The van der Waals surface area contributed by atoms with Gasteiger partial charge in [-0.15, -0.1) is 0 Å². The van der Waals surface area contributed by atoms with Gasteiger partial charge in [0.1, 0.15) is 0 Å². The van der Waals surface area contributed by atoms with Gasteiger partial charge in [0.25, 0.3) is 0 Å². The second kappa shape index (κ2) is 4.10. The van der Waals surface area contributed by atoms with Crippen LogP contribution < -0.4 is 0 Å². The lowest BCUT2D eigenvalue weighted by molar-refractivity contribution is -0.176. The van der Waals surface area contributed by atoms with Crippen molar-refractivity contribution >= 4 is 0 Å². The van der Waals surface area contributed by atoms with Gasteiger partial charge in [0.15, 0.2) is 5.79 Å². The SMILES string of the molecule is CC1(C)C[C@@H]2CC3(CC/C=C\[C@@H]2C1)OCCO3. The van der Waals surface area contributed by atoms with Crippen LogP contribution in [0, 0.1) is 17.3 Å². The summed E-state index contributed by atoms with van der Waals surface area (Å²) in [5.74, 6) is 1.25. The predicted octanol–water partition coefficient (Wildman–Crippen LogP) is 3.52. The number of fused-ring (bicyclic) bond motifs is 1. The Labute approximate surface area is 104 Å². The van der Waals surface area contributed by atoms with E-state index < -0.39 is 0 Å². The van der Waals surface area contributed by atoms with Crippen molar-refractivity contribution in [3.63, 3.8) is 0 Å². The van der Waals surface area contributed by atoms with E-state index in [0.717, 1.165) is 44.3 Å². The number of hydrogen-bond donors (Lipinski definition) is 0. The average Bonchev–Trinajstić information content (AvgIpc) is 2.78. The molecule has 0 aromatic heterocycles. The molecule has 0 bridgehead atoms. The minimum Gasteiger partial charge on any atom is -0.348 e. The molecule has 0 radical (unpaired) electrons. The monoisotopic (exact) mass is 236 g/mol. The first-order valence-corrected chi connectivity index (χ1v) is 7.03. The molecule has 0 unspecified atom stereocenters. The molecule has 1 heterocycles. The number of rotatable bonds is 0. The molecule has 2 heteroatoms. The molecule has 3 aliphatic rings. The van der Waals surface area contributed by atoms with E-state index >= 15 is 0 Å². The van der Waals surface area contributed by atoms with Crippen LogP contribution in [0.2, 0.25) is 0 Å². The minimum absolute atomic E-state index is 0.242. The molecule has 1 aliphatic heterocycles. The van der Waals surface area contributed by atoms with Crippen molar-refractivity contribution in [2.24, 2.45) is 17.3 Å². The van der Waals surface area contributed by atoms with Crippen molar-refractivity contribution in [1.82, 2.24) is 0 Å². The third-order valence-corrected chi connectivity index (χ3v) is 4.67. The smallest absolute Gasteiger partial charge is 0.169 e. The maximum absolute atomic E-state index is 5.94. The van der Waals surface area contributed by atoms with Crippen LogP contribution in [0.15, 0.2) is 12.2 Å². The second-order valence-corrected chi connectivity index (χ2v) is 6.77. The third kappa shape index (κ3) is 2.30. The first kappa shape index (κ1) is 11.7. The summed E-state index contributed by atoms with van der Waals surface area (Å²) in [5, 5.41) is 0. The van der Waals surface area contributed by atoms with Crippen molar-refractivity contribution in [2.45, 2.75) is 51.7 Å². The Morgan fingerprint density at radius 1 is 1.06 bits per heavy atom. The lowest BCUT2D eigenvalue weighted by Crippen LogP contribution is -2.34. The van der Waals surface area contributed by atoms with Crippen molar-refractivity contribution in [3.8, 4) is 0 Å². The molecule has 0 N–H and O–H groups in total. The Morgan fingerprint density at radius 2 is 1.82 bits per heavy atom. The molecule has 0 aromatic rings. The van der Waals surface area contributed by atoms with Crippen molar-refractivity contribution in [2.75, 3.05) is 13.2 Å². The molecule has 2 atom stereocenters. The summed E-state index contributed by atoms with van der Waals surface area (Å²) < 4.78 is 11.9. The van der Waals surface area contributed by atoms with Crippen molar-refractivity contribution < 1.29 is 9.47 Å². The Kier molecular flexibility index (Phi) is 2.83. The lowest BCUT2D eigenvalue weighted by Gasteiger charge is -2.33. The summed E-state index contributed by atoms with van der Waals surface area (Å²) in [4.78, 5) is 0. The first-order chi connectivity index (χ1) is 8.09. The maximum atomic E-state index is 5.94. The molecule has 1 saturated carbocycles. The fourth-order valence-corrected chi connectivity index (χ4v) is 4.03. The number of allylic oxidation sites excluding steroid dienone is 2. The molecule has 17 heavy (non-hydrogen) atoms. The van der Waals surface area contributed by atoms with Crippen molar-refractivity contribution in [3.05, 3.63) is 12.2 Å². The van der Waals surface area contributed by atoms with Gasteiger partial charge in [0.2, 0.25) is 0 Å². The predicted molar refractivity (Wildman–Crippen MR) is 67.6 cm³/mol. The van der Waals surface area contributed by atoms with Crippen LogP contribution in [0.3, 0.4) is 0 Å². The summed E-state index contributed by atoms with van der Waals surface area (Å²) in [7, 11) is 0. The van der Waals surface area contributed by atoms with Crippen LogP contribution in [0.4, 0.5) is 0 Å². The van der Waals surface area contributed by atoms with Crippen LogP contribution in [0.25, 0.3) is 0 Å². The van der Waals surface area contributed by atoms with Gasteiger partial charge < -0.3 is 9.47 Å². The summed E-state index contributed by atoms with van der Waals surface area (Å²) in [6.07, 6.45) is 10.7. The van der Waals surface area contributed by atoms with Crippen LogP contribution in [-0.4, -0.2) is 19.0 Å². The summed E-state index contributed by atoms with van der Waals surface area (Å²) >= 11 is 0. The van der Waals surface area contributed by atoms with Crippen LogP contribution in [-0.2, 0) is 9.47 Å². The largest absolute Gasteiger partial charge is 0.348 e. The zero-order valence-electron chi connectivity index (χ0n) is 11.1. The number of ether oxygens (including phenoxy) is 2. The Morgan fingerprint density at radius 3 is 2.59 bits per heavy atom. The van der Waals surface area contributed by atoms with Crippen molar-refractivity contribution in [1.29, 1.82) is 0 Å². The summed E-state index contributed by atoms with van der Waals surface area (Å²) in [6, 6.07) is 0. The molecule has 2 fully saturated rings. The molecule has 1 spiro atoms. The zero-order valence-corrected chi connectivity index (χ0v) is 11.1. The van der Waals surface area contributed by atoms with E-state index in [4.69, 9.17) is 9.47 Å². The van der Waals surface area contributed by atoms with Gasteiger partial charge in [-0.3, -0.25) is 0 Å². The van der Waals surface area contributed by atoms with E-state index in [1.807, 2.05) is 0 Å². The lowest BCUT2D eigenvalue weighted by atomic mass is 9.84. The highest BCUT2D eigenvalue weighted by Crippen LogP contribution is 2.50. The van der Waals surface area contributed by atoms with Gasteiger partial charge in [-0.05, 0) is 36.5 Å². The highest BCUT2D eigenvalue weighted by Gasteiger charge is 2.45. The van der Waals surface area contributed by atoms with E-state index in [-0.39, 0.29) is 5.79 Å². The molecule has 3 rings (SSSR count). The van der Waals surface area contributed by atoms with Gasteiger partial charge in [0, 0.05) is 12.8 Å². The normalized spacial score (nSPS) is 40.8. The molecule has 0 aromatic carbocycles. The highest BCUT2D eigenvalue weighted by atomic mass is 16.7. The summed E-state index contributed by atoms with van der Waals surface area (Å²) in [6.45, 7) is 6.36. The Balaban J connectivity index is 1.81. The van der Waals surface area contributed by atoms with Gasteiger partial charge in [-0.2, -0.15) is 0 Å². The molecule has 2 nitrogen and oxygen atoms in total. The van der Waals surface area contributed by atoms with Gasteiger partial charge in [0.05, 0.1) is 13.2 Å². The molecular weight excluding hydrogens is 212 g/mol. The topological polar surface area (TPSA) is 18.5 Å². The van der Waals surface area contributed by atoms with Crippen LogP contribution in [0.1, 0.15) is 46.0 Å². The fourth-order valence-electron chi connectivity index (χ4n) is 4.03. The molecule has 2 aliphatic carbocycles. The Hall–Kier alpha value is -0.340. The molecule has 1 saturated heterocycles. The van der Waals surface area contributed by atoms with E-state index in [1.54, 1.807) is 0 Å². The van der Waals surface area contributed by atoms with E-state index in [9.17, 15) is 0 Å². The molecular formula is C15H24O2. The number of hydrogen-bond acceptors (Lipinski definition) is 2. The zero-order chi connectivity index (χ0) is 11.9. The van der Waals surface area contributed by atoms with Crippen LogP contribution >= 0.6 is 0 Å². The highest BCUT2D eigenvalue weighted by molar-refractivity contribution is 5.03. The minimum atomic E-state index is -0.242. The van der Waals surface area contributed by atoms with E-state index in [0.29, 0.717) is 5.41 Å². The quantitative estimate of drug-likeness (QED) is 0.599. The fraction of sp³-hybridized carbons (Fsp3) is 0.867.